The molecule has 0 saturated carbocycles. The molecule has 105 heavy (non-hydrogen) atoms. The number of aliphatic hydroxyl groups excluding tert-OH is 1. The molecular weight excluding hydrogens is 1370 g/mol. The molecule has 19 heteroatoms. The Bertz CT molecular complexity index is 2030. The van der Waals surface area contributed by atoms with Crippen molar-refractivity contribution in [3.63, 3.8) is 0 Å². The van der Waals surface area contributed by atoms with Gasteiger partial charge in [0, 0.05) is 25.7 Å². The van der Waals surface area contributed by atoms with Crippen LogP contribution in [0.25, 0.3) is 0 Å². The lowest BCUT2D eigenvalue weighted by Crippen LogP contribution is -2.30. The van der Waals surface area contributed by atoms with Crippen LogP contribution < -0.4 is 0 Å². The molecular formula is C86H168O17P2. The minimum Gasteiger partial charge on any atom is -0.462 e. The number of hydrogen-bond donors (Lipinski definition) is 3. The molecule has 0 aliphatic carbocycles. The maximum atomic E-state index is 13.1. The van der Waals surface area contributed by atoms with Gasteiger partial charge >= 0.3 is 39.5 Å². The lowest BCUT2D eigenvalue weighted by molar-refractivity contribution is -0.161. The number of phosphoric acid groups is 2. The number of unbranched alkanes of at least 4 members (excludes halogenated alkanes) is 51. The fourth-order valence-electron chi connectivity index (χ4n) is 13.3. The Kier molecular flexibility index (Phi) is 74.7. The van der Waals surface area contributed by atoms with Crippen LogP contribution in [0.15, 0.2) is 0 Å². The molecule has 6 atom stereocenters. The van der Waals surface area contributed by atoms with Crippen LogP contribution in [0.1, 0.15) is 453 Å². The second-order valence-corrected chi connectivity index (χ2v) is 35.0. The van der Waals surface area contributed by atoms with Crippen molar-refractivity contribution in [2.24, 2.45) is 17.8 Å². The lowest BCUT2D eigenvalue weighted by atomic mass is 9.99. The molecule has 0 aliphatic heterocycles. The molecule has 0 rings (SSSR count). The smallest absolute Gasteiger partial charge is 0.462 e. The van der Waals surface area contributed by atoms with E-state index in [-0.39, 0.29) is 25.7 Å². The van der Waals surface area contributed by atoms with Crippen molar-refractivity contribution in [1.82, 2.24) is 0 Å². The maximum absolute atomic E-state index is 13.1. The lowest BCUT2D eigenvalue weighted by Gasteiger charge is -2.21. The molecule has 0 saturated heterocycles. The van der Waals surface area contributed by atoms with E-state index >= 15 is 0 Å². The standard InChI is InChI=1S/C86H168O17P2/c1-8-10-11-12-13-14-15-16-17-18-19-20-24-27-30-35-40-45-53-60-67-83(88)96-73-81(102-85(90)69-62-55-46-41-36-31-28-25-22-21-23-26-29-34-39-44-52-59-66-79(7)9-2)75-100-104(92,93)98-71-80(87)72-99-105(94,95)101-76-82(74-97-84(89)68-61-54-49-48-51-58-65-78(5)6)103-86(91)70-63-56-47-42-37-32-33-38-43-50-57-64-77(3)4/h77-82,87H,8-76H2,1-7H3,(H,92,93)(H,94,95)/t79?,80-,81-,82-/m1/s1. The van der Waals surface area contributed by atoms with E-state index in [0.717, 1.165) is 108 Å². The number of esters is 4. The first-order chi connectivity index (χ1) is 50.8. The Labute approximate surface area is 645 Å². The Morgan fingerprint density at radius 2 is 0.486 bits per heavy atom. The van der Waals surface area contributed by atoms with Gasteiger partial charge in [-0.25, -0.2) is 9.13 Å². The van der Waals surface area contributed by atoms with E-state index in [1.807, 2.05) is 0 Å². The summed E-state index contributed by atoms with van der Waals surface area (Å²) in [6, 6.07) is 0. The van der Waals surface area contributed by atoms with Gasteiger partial charge in [-0.3, -0.25) is 37.3 Å². The Morgan fingerprint density at radius 1 is 0.276 bits per heavy atom. The van der Waals surface area contributed by atoms with Crippen LogP contribution in [-0.4, -0.2) is 96.7 Å². The highest BCUT2D eigenvalue weighted by Crippen LogP contribution is 2.45. The zero-order valence-electron chi connectivity index (χ0n) is 69.2. The molecule has 0 aromatic rings. The summed E-state index contributed by atoms with van der Waals surface area (Å²) in [5, 5.41) is 10.7. The summed E-state index contributed by atoms with van der Waals surface area (Å²) in [5.74, 6) is 0.207. The predicted octanol–water partition coefficient (Wildman–Crippen LogP) is 26.1. The largest absolute Gasteiger partial charge is 0.472 e. The molecule has 0 aliphatic rings. The van der Waals surface area contributed by atoms with E-state index in [2.05, 4.69) is 48.5 Å². The summed E-state index contributed by atoms with van der Waals surface area (Å²) in [7, 11) is -9.93. The number of carbonyl (C=O) groups excluding carboxylic acids is 4. The third-order valence-corrected chi connectivity index (χ3v) is 22.4. The first-order valence-electron chi connectivity index (χ1n) is 44.4. The average Bonchev–Trinajstić information content (AvgIpc) is 0.926. The highest BCUT2D eigenvalue weighted by molar-refractivity contribution is 7.47. The monoisotopic (exact) mass is 1540 g/mol. The topological polar surface area (TPSA) is 237 Å². The minimum absolute atomic E-state index is 0.106. The Morgan fingerprint density at radius 3 is 0.724 bits per heavy atom. The molecule has 0 fully saturated rings. The van der Waals surface area contributed by atoms with Crippen molar-refractivity contribution in [1.29, 1.82) is 0 Å². The Hall–Kier alpha value is -1.94. The molecule has 0 radical (unpaired) electrons. The second kappa shape index (κ2) is 76.1. The van der Waals surface area contributed by atoms with E-state index in [0.29, 0.717) is 31.6 Å². The minimum atomic E-state index is -4.97. The van der Waals surface area contributed by atoms with Crippen LogP contribution in [0.5, 0.6) is 0 Å². The quantitative estimate of drug-likeness (QED) is 0.0222. The summed E-state index contributed by atoms with van der Waals surface area (Å²) < 4.78 is 68.8. The SMILES string of the molecule is CCCCCCCCCCCCCCCCCCCCCCC(=O)OC[C@H](COP(=O)(O)OC[C@@H](O)COP(=O)(O)OC[C@@H](COC(=O)CCCCCCCCC(C)C)OC(=O)CCCCCCCCCCCCCC(C)C)OC(=O)CCCCCCCCCCCCCCCCCCCCC(C)CC. The average molecular weight is 1540 g/mol. The van der Waals surface area contributed by atoms with Gasteiger partial charge in [0.1, 0.15) is 19.3 Å². The van der Waals surface area contributed by atoms with Crippen LogP contribution >= 0.6 is 15.6 Å². The van der Waals surface area contributed by atoms with Crippen LogP contribution in [-0.2, 0) is 65.4 Å². The molecule has 0 aromatic heterocycles. The van der Waals surface area contributed by atoms with Gasteiger partial charge in [0.15, 0.2) is 12.2 Å². The predicted molar refractivity (Wildman–Crippen MR) is 432 cm³/mol. The molecule has 624 valence electrons. The molecule has 0 amide bonds. The van der Waals surface area contributed by atoms with Crippen molar-refractivity contribution >= 4 is 39.5 Å². The zero-order chi connectivity index (χ0) is 77.2. The van der Waals surface area contributed by atoms with Gasteiger partial charge in [-0.15, -0.1) is 0 Å². The first kappa shape index (κ1) is 103. The van der Waals surface area contributed by atoms with Gasteiger partial charge in [-0.05, 0) is 43.4 Å². The first-order valence-corrected chi connectivity index (χ1v) is 47.4. The fourth-order valence-corrected chi connectivity index (χ4v) is 14.9. The van der Waals surface area contributed by atoms with E-state index in [4.69, 9.17) is 37.0 Å². The summed E-state index contributed by atoms with van der Waals surface area (Å²) >= 11 is 0. The molecule has 0 aromatic carbocycles. The number of rotatable bonds is 84. The number of aliphatic hydroxyl groups is 1. The van der Waals surface area contributed by atoms with Crippen molar-refractivity contribution in [2.45, 2.75) is 471 Å². The highest BCUT2D eigenvalue weighted by atomic mass is 31.2. The van der Waals surface area contributed by atoms with E-state index in [9.17, 15) is 43.2 Å². The van der Waals surface area contributed by atoms with Gasteiger partial charge in [-0.1, -0.05) is 402 Å². The molecule has 3 N–H and O–H groups in total. The Balaban J connectivity index is 5.20. The van der Waals surface area contributed by atoms with Gasteiger partial charge in [0.2, 0.25) is 0 Å². The highest BCUT2D eigenvalue weighted by Gasteiger charge is 2.30. The van der Waals surface area contributed by atoms with Crippen LogP contribution in [0.2, 0.25) is 0 Å². The number of carbonyl (C=O) groups is 4. The van der Waals surface area contributed by atoms with Crippen molar-refractivity contribution in [3.8, 4) is 0 Å². The molecule has 3 unspecified atom stereocenters. The van der Waals surface area contributed by atoms with Gasteiger partial charge in [0.25, 0.3) is 0 Å². The second-order valence-electron chi connectivity index (χ2n) is 32.1. The summed E-state index contributed by atoms with van der Waals surface area (Å²) in [6.45, 7) is 12.0. The van der Waals surface area contributed by atoms with E-state index < -0.39 is 97.5 Å². The van der Waals surface area contributed by atoms with Crippen LogP contribution in [0.3, 0.4) is 0 Å². The number of ether oxygens (including phenoxy) is 4. The van der Waals surface area contributed by atoms with Crippen molar-refractivity contribution in [3.05, 3.63) is 0 Å². The van der Waals surface area contributed by atoms with E-state index in [1.54, 1.807) is 0 Å². The molecule has 0 heterocycles. The van der Waals surface area contributed by atoms with Crippen LogP contribution in [0.4, 0.5) is 0 Å². The van der Waals surface area contributed by atoms with Gasteiger partial charge in [0.05, 0.1) is 26.4 Å². The summed E-state index contributed by atoms with van der Waals surface area (Å²) in [6.07, 6.45) is 66.9. The van der Waals surface area contributed by atoms with Gasteiger partial charge in [-0.2, -0.15) is 0 Å². The molecule has 0 spiro atoms. The number of phosphoric ester groups is 2. The number of hydrogen-bond acceptors (Lipinski definition) is 15. The van der Waals surface area contributed by atoms with E-state index in [1.165, 1.54) is 257 Å². The normalized spacial score (nSPS) is 14.1. The van der Waals surface area contributed by atoms with Crippen LogP contribution in [0, 0.1) is 17.8 Å². The summed E-state index contributed by atoms with van der Waals surface area (Å²) in [5.41, 5.74) is 0. The van der Waals surface area contributed by atoms with Crippen molar-refractivity contribution < 1.29 is 80.2 Å². The van der Waals surface area contributed by atoms with Gasteiger partial charge < -0.3 is 33.8 Å². The third kappa shape index (κ3) is 78.5. The molecule has 0 bridgehead atoms. The fraction of sp³-hybridized carbons (Fsp3) is 0.953. The zero-order valence-corrected chi connectivity index (χ0v) is 71.0. The maximum Gasteiger partial charge on any atom is 0.472 e. The summed E-state index contributed by atoms with van der Waals surface area (Å²) in [4.78, 5) is 73.1. The molecule has 17 nitrogen and oxygen atoms in total. The van der Waals surface area contributed by atoms with Crippen molar-refractivity contribution in [2.75, 3.05) is 39.6 Å². The third-order valence-electron chi connectivity index (χ3n) is 20.5.